The Bertz CT molecular complexity index is 632. The fraction of sp³-hybridized carbons (Fsp3) is 0.571. The van der Waals surface area contributed by atoms with E-state index in [-0.39, 0.29) is 17.0 Å². The van der Waals surface area contributed by atoms with Crippen LogP contribution in [0.2, 0.25) is 0 Å². The number of carbonyl (C=O) groups is 1. The number of thioether (sulfide) groups is 1. The largest absolute Gasteiger partial charge is 0.406 e. The molecule has 1 aromatic rings. The summed E-state index contributed by atoms with van der Waals surface area (Å²) < 4.78 is 37.9. The van der Waals surface area contributed by atoms with Gasteiger partial charge in [-0.15, -0.1) is 0 Å². The van der Waals surface area contributed by atoms with E-state index in [1.807, 2.05) is 13.8 Å². The highest BCUT2D eigenvalue weighted by Gasteiger charge is 2.30. The molecule has 2 unspecified atom stereocenters. The smallest absolute Gasteiger partial charge is 0.320 e. The van der Waals surface area contributed by atoms with E-state index in [1.165, 1.54) is 12.1 Å². The second kappa shape index (κ2) is 6.86. The molecule has 0 saturated carbocycles. The van der Waals surface area contributed by atoms with Crippen molar-refractivity contribution in [2.45, 2.75) is 37.9 Å². The summed E-state index contributed by atoms with van der Waals surface area (Å²) in [5, 5.41) is 2.69. The van der Waals surface area contributed by atoms with Crippen molar-refractivity contribution in [3.63, 3.8) is 0 Å². The van der Waals surface area contributed by atoms with E-state index in [4.69, 9.17) is 0 Å². The van der Waals surface area contributed by atoms with E-state index in [0.717, 1.165) is 11.9 Å². The molecule has 0 radical (unpaired) electrons. The van der Waals surface area contributed by atoms with Crippen molar-refractivity contribution in [2.75, 3.05) is 17.6 Å². The predicted molar refractivity (Wildman–Crippen MR) is 83.9 cm³/mol. The molecule has 2 atom stereocenters. The SMILES string of the molecule is CC1SCCN(C(=O)Nc2cccn(CC(F)(F)F)c2=O)C1C. The Morgan fingerprint density at radius 2 is 2.13 bits per heavy atom. The first kappa shape index (κ1) is 17.7. The van der Waals surface area contributed by atoms with Crippen LogP contribution in [0, 0.1) is 0 Å². The first-order chi connectivity index (χ1) is 10.7. The van der Waals surface area contributed by atoms with Crippen molar-refractivity contribution < 1.29 is 18.0 Å². The third kappa shape index (κ3) is 4.43. The molecule has 1 fully saturated rings. The average Bonchev–Trinajstić information content (AvgIpc) is 2.44. The highest BCUT2D eigenvalue weighted by atomic mass is 32.2. The molecule has 0 aliphatic carbocycles. The number of anilines is 1. The van der Waals surface area contributed by atoms with E-state index in [1.54, 1.807) is 16.7 Å². The molecular formula is C14H18F3N3O2S. The lowest BCUT2D eigenvalue weighted by atomic mass is 10.2. The number of aromatic nitrogens is 1. The van der Waals surface area contributed by atoms with Crippen LogP contribution in [-0.4, -0.2) is 45.3 Å². The Hall–Kier alpha value is -1.64. The molecule has 2 heterocycles. The fourth-order valence-corrected chi connectivity index (χ4v) is 3.46. The number of pyridine rings is 1. The number of amides is 2. The minimum absolute atomic E-state index is 0.0186. The molecule has 23 heavy (non-hydrogen) atoms. The highest BCUT2D eigenvalue weighted by molar-refractivity contribution is 8.00. The van der Waals surface area contributed by atoms with Crippen LogP contribution in [0.15, 0.2) is 23.1 Å². The van der Waals surface area contributed by atoms with Crippen molar-refractivity contribution >= 4 is 23.5 Å². The number of carbonyl (C=O) groups excluding carboxylic acids is 1. The summed E-state index contributed by atoms with van der Waals surface area (Å²) in [4.78, 5) is 25.9. The summed E-state index contributed by atoms with van der Waals surface area (Å²) in [6.45, 7) is 3.06. The van der Waals surface area contributed by atoms with Crippen LogP contribution in [-0.2, 0) is 6.54 Å². The molecule has 9 heteroatoms. The number of halogens is 3. The summed E-state index contributed by atoms with van der Waals surface area (Å²) in [5.41, 5.74) is -1.02. The first-order valence-electron chi connectivity index (χ1n) is 7.14. The van der Waals surface area contributed by atoms with Gasteiger partial charge in [-0.05, 0) is 19.1 Å². The van der Waals surface area contributed by atoms with Crippen LogP contribution in [0.5, 0.6) is 0 Å². The molecular weight excluding hydrogens is 331 g/mol. The van der Waals surface area contributed by atoms with Crippen molar-refractivity contribution in [1.82, 2.24) is 9.47 Å². The van der Waals surface area contributed by atoms with Crippen LogP contribution in [0.25, 0.3) is 0 Å². The van der Waals surface area contributed by atoms with Crippen molar-refractivity contribution in [1.29, 1.82) is 0 Å². The molecule has 2 rings (SSSR count). The Kier molecular flexibility index (Phi) is 5.28. The lowest BCUT2D eigenvalue weighted by Gasteiger charge is -2.37. The molecule has 1 aromatic heterocycles. The summed E-state index contributed by atoms with van der Waals surface area (Å²) >= 11 is 1.75. The Labute approximate surface area is 135 Å². The number of rotatable bonds is 2. The van der Waals surface area contributed by atoms with Crippen LogP contribution < -0.4 is 10.9 Å². The number of hydrogen-bond donors (Lipinski definition) is 1. The van der Waals surface area contributed by atoms with Gasteiger partial charge in [0, 0.05) is 29.8 Å². The van der Waals surface area contributed by atoms with E-state index in [2.05, 4.69) is 5.32 Å². The second-order valence-corrected chi connectivity index (χ2v) is 6.90. The maximum absolute atomic E-state index is 12.4. The zero-order valence-corrected chi connectivity index (χ0v) is 13.6. The zero-order valence-electron chi connectivity index (χ0n) is 12.8. The third-order valence-electron chi connectivity index (χ3n) is 3.76. The number of urea groups is 1. The van der Waals surface area contributed by atoms with Gasteiger partial charge in [-0.3, -0.25) is 4.79 Å². The Morgan fingerprint density at radius 1 is 1.43 bits per heavy atom. The molecule has 0 bridgehead atoms. The van der Waals surface area contributed by atoms with Gasteiger partial charge in [-0.1, -0.05) is 6.92 Å². The summed E-state index contributed by atoms with van der Waals surface area (Å²) in [6.07, 6.45) is -3.45. The van der Waals surface area contributed by atoms with Gasteiger partial charge in [0.05, 0.1) is 0 Å². The van der Waals surface area contributed by atoms with E-state index < -0.39 is 24.3 Å². The van der Waals surface area contributed by atoms with Gasteiger partial charge in [-0.25, -0.2) is 4.79 Å². The van der Waals surface area contributed by atoms with Crippen LogP contribution in [0.4, 0.5) is 23.7 Å². The maximum Gasteiger partial charge on any atom is 0.406 e. The second-order valence-electron chi connectivity index (χ2n) is 5.41. The topological polar surface area (TPSA) is 54.3 Å². The molecule has 128 valence electrons. The minimum Gasteiger partial charge on any atom is -0.320 e. The molecule has 0 spiro atoms. The minimum atomic E-state index is -4.50. The molecule has 1 aliphatic rings. The van der Waals surface area contributed by atoms with Crippen molar-refractivity contribution in [3.8, 4) is 0 Å². The Balaban J connectivity index is 2.15. The van der Waals surface area contributed by atoms with Crippen molar-refractivity contribution in [3.05, 3.63) is 28.7 Å². The molecule has 5 nitrogen and oxygen atoms in total. The van der Waals surface area contributed by atoms with Crippen LogP contribution in [0.1, 0.15) is 13.8 Å². The van der Waals surface area contributed by atoms with Gasteiger partial charge in [0.2, 0.25) is 0 Å². The first-order valence-corrected chi connectivity index (χ1v) is 8.19. The summed E-state index contributed by atoms with van der Waals surface area (Å²) in [6, 6.07) is 2.13. The van der Waals surface area contributed by atoms with Gasteiger partial charge >= 0.3 is 12.2 Å². The summed E-state index contributed by atoms with van der Waals surface area (Å²) in [5.74, 6) is 0.784. The number of alkyl halides is 3. The van der Waals surface area contributed by atoms with E-state index in [9.17, 15) is 22.8 Å². The van der Waals surface area contributed by atoms with Crippen LogP contribution in [0.3, 0.4) is 0 Å². The molecule has 0 aromatic carbocycles. The third-order valence-corrected chi connectivity index (χ3v) is 5.09. The van der Waals surface area contributed by atoms with Gasteiger partial charge in [-0.2, -0.15) is 24.9 Å². The standard InChI is InChI=1S/C14H18F3N3O2S/c1-9-10(2)23-7-6-20(9)13(22)18-11-4-3-5-19(12(11)21)8-14(15,16)17/h3-5,9-10H,6-8H2,1-2H3,(H,18,22). The molecule has 1 aliphatic heterocycles. The van der Waals surface area contributed by atoms with Gasteiger partial charge in [0.25, 0.3) is 5.56 Å². The summed E-state index contributed by atoms with van der Waals surface area (Å²) in [7, 11) is 0. The quantitative estimate of drug-likeness (QED) is 0.893. The zero-order chi connectivity index (χ0) is 17.2. The van der Waals surface area contributed by atoms with E-state index in [0.29, 0.717) is 11.1 Å². The molecule has 1 N–H and O–H groups in total. The number of nitrogens with one attached hydrogen (secondary N) is 1. The fourth-order valence-electron chi connectivity index (χ4n) is 2.36. The lowest BCUT2D eigenvalue weighted by molar-refractivity contribution is -0.141. The monoisotopic (exact) mass is 349 g/mol. The lowest BCUT2D eigenvalue weighted by Crippen LogP contribution is -2.50. The maximum atomic E-state index is 12.4. The van der Waals surface area contributed by atoms with E-state index >= 15 is 0 Å². The Morgan fingerprint density at radius 3 is 2.78 bits per heavy atom. The van der Waals surface area contributed by atoms with Gasteiger partial charge in [0.15, 0.2) is 0 Å². The number of nitrogens with zero attached hydrogens (tertiary/aromatic N) is 2. The number of hydrogen-bond acceptors (Lipinski definition) is 3. The highest BCUT2D eigenvalue weighted by Crippen LogP contribution is 2.24. The predicted octanol–water partition coefficient (Wildman–Crippen LogP) is 2.77. The normalized spacial score (nSPS) is 22.0. The van der Waals surface area contributed by atoms with Gasteiger partial charge in [0.1, 0.15) is 12.2 Å². The molecule has 2 amide bonds. The molecule has 1 saturated heterocycles. The average molecular weight is 349 g/mol. The van der Waals surface area contributed by atoms with Crippen LogP contribution >= 0.6 is 11.8 Å². The van der Waals surface area contributed by atoms with Gasteiger partial charge < -0.3 is 14.8 Å². The van der Waals surface area contributed by atoms with Crippen molar-refractivity contribution in [2.24, 2.45) is 0 Å².